The smallest absolute Gasteiger partial charge is 0.302 e. The van der Waals surface area contributed by atoms with E-state index in [9.17, 15) is 9.59 Å². The molecule has 0 saturated carbocycles. The normalized spacial score (nSPS) is 14.2. The van der Waals surface area contributed by atoms with Gasteiger partial charge in [0.2, 0.25) is 0 Å². The number of hydrogen-bond acceptors (Lipinski definition) is 4. The van der Waals surface area contributed by atoms with Crippen molar-refractivity contribution in [2.75, 3.05) is 13.2 Å². The Morgan fingerprint density at radius 1 is 1.26 bits per heavy atom. The van der Waals surface area contributed by atoms with Crippen LogP contribution >= 0.6 is 0 Å². The van der Waals surface area contributed by atoms with Crippen molar-refractivity contribution in [3.05, 3.63) is 47.5 Å². The fourth-order valence-electron chi connectivity index (χ4n) is 1.78. The standard InChI is InChI=1S/C15H15NO3/c1-11(17)19-9-8-12-2-4-13(5-3-12)15-7-6-14(18)10-16-15/h2-7H,8-10H2,1H3. The molecule has 1 heterocycles. The molecule has 0 unspecified atom stereocenters. The van der Waals surface area contributed by atoms with Crippen LogP contribution in [-0.4, -0.2) is 30.6 Å². The van der Waals surface area contributed by atoms with Gasteiger partial charge in [-0.05, 0) is 23.3 Å². The zero-order chi connectivity index (χ0) is 13.7. The summed E-state index contributed by atoms with van der Waals surface area (Å²) in [6.07, 6.45) is 3.98. The maximum Gasteiger partial charge on any atom is 0.302 e. The number of hydrogen-bond donors (Lipinski definition) is 0. The summed E-state index contributed by atoms with van der Waals surface area (Å²) < 4.78 is 4.89. The van der Waals surface area contributed by atoms with Gasteiger partial charge in [-0.15, -0.1) is 0 Å². The van der Waals surface area contributed by atoms with E-state index in [-0.39, 0.29) is 18.3 Å². The van der Waals surface area contributed by atoms with E-state index in [4.69, 9.17) is 4.74 Å². The topological polar surface area (TPSA) is 55.7 Å². The number of carbonyl (C=O) groups is 2. The number of aliphatic imine (C=N–C) groups is 1. The van der Waals surface area contributed by atoms with Crippen LogP contribution in [0.3, 0.4) is 0 Å². The van der Waals surface area contributed by atoms with Gasteiger partial charge in [-0.3, -0.25) is 14.6 Å². The van der Waals surface area contributed by atoms with E-state index >= 15 is 0 Å². The Morgan fingerprint density at radius 2 is 2.00 bits per heavy atom. The second-order valence-electron chi connectivity index (χ2n) is 4.29. The molecular weight excluding hydrogens is 242 g/mol. The van der Waals surface area contributed by atoms with Crippen LogP contribution in [0.1, 0.15) is 18.1 Å². The lowest BCUT2D eigenvalue weighted by Crippen LogP contribution is -2.10. The molecule has 1 aromatic carbocycles. The van der Waals surface area contributed by atoms with Gasteiger partial charge in [-0.2, -0.15) is 0 Å². The molecule has 0 amide bonds. The molecule has 1 aliphatic rings. The molecule has 1 aromatic rings. The summed E-state index contributed by atoms with van der Waals surface area (Å²) in [7, 11) is 0. The first-order valence-electron chi connectivity index (χ1n) is 6.13. The Bertz CT molecular complexity index is 541. The number of carbonyl (C=O) groups excluding carboxylic acids is 2. The minimum absolute atomic E-state index is 0.0294. The van der Waals surface area contributed by atoms with Crippen molar-refractivity contribution in [3.8, 4) is 0 Å². The Balaban J connectivity index is 1.97. The van der Waals surface area contributed by atoms with Crippen LogP contribution in [0.5, 0.6) is 0 Å². The highest BCUT2D eigenvalue weighted by molar-refractivity contribution is 6.14. The summed E-state index contributed by atoms with van der Waals surface area (Å²) in [4.78, 5) is 25.9. The summed E-state index contributed by atoms with van der Waals surface area (Å²) in [6.45, 7) is 2.02. The van der Waals surface area contributed by atoms with Crippen LogP contribution in [0, 0.1) is 0 Å². The predicted molar refractivity (Wildman–Crippen MR) is 72.3 cm³/mol. The lowest BCUT2D eigenvalue weighted by atomic mass is 10.0. The Morgan fingerprint density at radius 3 is 2.58 bits per heavy atom. The zero-order valence-electron chi connectivity index (χ0n) is 10.8. The van der Waals surface area contributed by atoms with Gasteiger partial charge in [0.25, 0.3) is 0 Å². The third-order valence-corrected chi connectivity index (χ3v) is 2.78. The van der Waals surface area contributed by atoms with Gasteiger partial charge in [0.15, 0.2) is 5.78 Å². The maximum absolute atomic E-state index is 11.0. The summed E-state index contributed by atoms with van der Waals surface area (Å²) in [6, 6.07) is 7.88. The minimum Gasteiger partial charge on any atom is -0.466 e. The molecule has 0 atom stereocenters. The number of benzene rings is 1. The Labute approximate surface area is 111 Å². The quantitative estimate of drug-likeness (QED) is 0.772. The molecule has 0 spiro atoms. The molecule has 98 valence electrons. The maximum atomic E-state index is 11.0. The fourth-order valence-corrected chi connectivity index (χ4v) is 1.78. The average Bonchev–Trinajstić information content (AvgIpc) is 2.40. The second kappa shape index (κ2) is 6.09. The highest BCUT2D eigenvalue weighted by Crippen LogP contribution is 2.09. The number of dihydropyridines is 1. The second-order valence-corrected chi connectivity index (χ2v) is 4.29. The van der Waals surface area contributed by atoms with Crippen molar-refractivity contribution >= 4 is 17.5 Å². The molecule has 4 heteroatoms. The summed E-state index contributed by atoms with van der Waals surface area (Å²) in [5.74, 6) is -0.232. The summed E-state index contributed by atoms with van der Waals surface area (Å²) in [5, 5.41) is 0. The van der Waals surface area contributed by atoms with Gasteiger partial charge in [-0.1, -0.05) is 24.3 Å². The lowest BCUT2D eigenvalue weighted by molar-refractivity contribution is -0.140. The Kier molecular flexibility index (Phi) is 4.23. The van der Waals surface area contributed by atoms with Crippen LogP contribution in [0.4, 0.5) is 0 Å². The molecule has 0 aliphatic carbocycles. The van der Waals surface area contributed by atoms with Gasteiger partial charge >= 0.3 is 5.97 Å². The molecule has 0 radical (unpaired) electrons. The van der Waals surface area contributed by atoms with E-state index in [2.05, 4.69) is 4.99 Å². The molecule has 0 aromatic heterocycles. The van der Waals surface area contributed by atoms with Crippen LogP contribution in [-0.2, 0) is 20.7 Å². The zero-order valence-corrected chi connectivity index (χ0v) is 10.8. The number of esters is 1. The number of rotatable bonds is 4. The highest BCUT2D eigenvalue weighted by Gasteiger charge is 2.07. The molecule has 0 N–H and O–H groups in total. The van der Waals surface area contributed by atoms with E-state index in [0.717, 1.165) is 16.8 Å². The lowest BCUT2D eigenvalue weighted by Gasteiger charge is -2.07. The third kappa shape index (κ3) is 3.88. The Hall–Kier alpha value is -2.23. The predicted octanol–water partition coefficient (Wildman–Crippen LogP) is 1.72. The summed E-state index contributed by atoms with van der Waals surface area (Å²) >= 11 is 0. The van der Waals surface area contributed by atoms with Crippen molar-refractivity contribution < 1.29 is 14.3 Å². The number of ether oxygens (including phenoxy) is 1. The minimum atomic E-state index is -0.261. The summed E-state index contributed by atoms with van der Waals surface area (Å²) in [5.41, 5.74) is 2.91. The molecule has 19 heavy (non-hydrogen) atoms. The van der Waals surface area contributed by atoms with Crippen molar-refractivity contribution in [2.45, 2.75) is 13.3 Å². The molecule has 1 aliphatic heterocycles. The van der Waals surface area contributed by atoms with Gasteiger partial charge < -0.3 is 4.74 Å². The van der Waals surface area contributed by atoms with Crippen LogP contribution in [0.2, 0.25) is 0 Å². The first-order chi connectivity index (χ1) is 9.15. The van der Waals surface area contributed by atoms with Gasteiger partial charge in [0, 0.05) is 13.3 Å². The van der Waals surface area contributed by atoms with E-state index in [1.165, 1.54) is 6.92 Å². The number of ketones is 1. The average molecular weight is 257 g/mol. The molecule has 0 fully saturated rings. The van der Waals surface area contributed by atoms with Crippen LogP contribution in [0.25, 0.3) is 0 Å². The molecular formula is C15H15NO3. The van der Waals surface area contributed by atoms with E-state index in [1.54, 1.807) is 12.2 Å². The first kappa shape index (κ1) is 13.2. The largest absolute Gasteiger partial charge is 0.466 e. The monoisotopic (exact) mass is 257 g/mol. The highest BCUT2D eigenvalue weighted by atomic mass is 16.5. The number of nitrogens with zero attached hydrogens (tertiary/aromatic N) is 1. The van der Waals surface area contributed by atoms with Crippen molar-refractivity contribution in [3.63, 3.8) is 0 Å². The van der Waals surface area contributed by atoms with Crippen molar-refractivity contribution in [2.24, 2.45) is 4.99 Å². The fraction of sp³-hybridized carbons (Fsp3) is 0.267. The third-order valence-electron chi connectivity index (χ3n) is 2.78. The van der Waals surface area contributed by atoms with Crippen LogP contribution in [0.15, 0.2) is 41.4 Å². The van der Waals surface area contributed by atoms with Gasteiger partial charge in [-0.25, -0.2) is 0 Å². The number of allylic oxidation sites excluding steroid dienone is 1. The van der Waals surface area contributed by atoms with Crippen molar-refractivity contribution in [1.82, 2.24) is 0 Å². The van der Waals surface area contributed by atoms with E-state index in [0.29, 0.717) is 13.0 Å². The van der Waals surface area contributed by atoms with Crippen molar-refractivity contribution in [1.29, 1.82) is 0 Å². The first-order valence-corrected chi connectivity index (χ1v) is 6.13. The van der Waals surface area contributed by atoms with E-state index < -0.39 is 0 Å². The molecule has 2 rings (SSSR count). The SMILES string of the molecule is CC(=O)OCCc1ccc(C2=NCC(=O)C=C2)cc1. The molecule has 4 nitrogen and oxygen atoms in total. The van der Waals surface area contributed by atoms with Crippen LogP contribution < -0.4 is 0 Å². The van der Waals surface area contributed by atoms with Gasteiger partial charge in [0.05, 0.1) is 12.3 Å². The molecule has 0 saturated heterocycles. The van der Waals surface area contributed by atoms with E-state index in [1.807, 2.05) is 24.3 Å². The molecule has 0 bridgehead atoms. The van der Waals surface area contributed by atoms with Gasteiger partial charge in [0.1, 0.15) is 6.54 Å².